The van der Waals surface area contributed by atoms with Gasteiger partial charge < -0.3 is 15.8 Å². The van der Waals surface area contributed by atoms with Gasteiger partial charge in [-0.15, -0.1) is 0 Å². The van der Waals surface area contributed by atoms with Crippen LogP contribution in [0.25, 0.3) is 6.08 Å². The molecule has 0 bridgehead atoms. The molecule has 0 aliphatic heterocycles. The van der Waals surface area contributed by atoms with Crippen LogP contribution in [0, 0.1) is 0 Å². The third kappa shape index (κ3) is 4.53. The molecule has 0 aliphatic rings. The Morgan fingerprint density at radius 3 is 2.64 bits per heavy atom. The van der Waals surface area contributed by atoms with E-state index in [9.17, 15) is 4.79 Å². The van der Waals surface area contributed by atoms with E-state index < -0.39 is 0 Å². The molecule has 0 spiro atoms. The van der Waals surface area contributed by atoms with Gasteiger partial charge in [-0.1, -0.05) is 29.8 Å². The van der Waals surface area contributed by atoms with Gasteiger partial charge in [0, 0.05) is 17.6 Å². The lowest BCUT2D eigenvalue weighted by Gasteiger charge is -2.05. The molecule has 0 aromatic heterocycles. The van der Waals surface area contributed by atoms with Gasteiger partial charge in [-0.2, -0.15) is 0 Å². The van der Waals surface area contributed by atoms with Crippen molar-refractivity contribution < 1.29 is 9.53 Å². The topological polar surface area (TPSA) is 64.3 Å². The molecule has 0 saturated carbocycles. The lowest BCUT2D eigenvalue weighted by atomic mass is 10.1. The summed E-state index contributed by atoms with van der Waals surface area (Å²) in [6.45, 7) is 0.449. The van der Waals surface area contributed by atoms with Crippen LogP contribution in [0.1, 0.15) is 11.1 Å². The number of hydrogen-bond acceptors (Lipinski definition) is 3. The molecule has 1 amide bonds. The van der Waals surface area contributed by atoms with Crippen LogP contribution >= 0.6 is 11.6 Å². The van der Waals surface area contributed by atoms with Gasteiger partial charge in [0.05, 0.1) is 12.8 Å². The first kappa shape index (κ1) is 15.9. The number of hydrogen-bond donors (Lipinski definition) is 2. The van der Waals surface area contributed by atoms with Crippen molar-refractivity contribution in [2.75, 3.05) is 12.8 Å². The van der Waals surface area contributed by atoms with Crippen molar-refractivity contribution in [1.29, 1.82) is 0 Å². The van der Waals surface area contributed by atoms with E-state index in [1.54, 1.807) is 37.5 Å². The number of anilines is 1. The molecule has 2 aromatic carbocycles. The molecule has 2 rings (SSSR count). The molecular weight excluding hydrogens is 300 g/mol. The lowest BCUT2D eigenvalue weighted by molar-refractivity contribution is -0.116. The Morgan fingerprint density at radius 2 is 2.00 bits per heavy atom. The van der Waals surface area contributed by atoms with Crippen LogP contribution in [0.5, 0.6) is 5.75 Å². The Balaban J connectivity index is 1.91. The Hall–Kier alpha value is -2.46. The molecule has 2 aromatic rings. The van der Waals surface area contributed by atoms with Gasteiger partial charge in [0.15, 0.2) is 0 Å². The molecule has 5 heteroatoms. The Kier molecular flexibility index (Phi) is 5.44. The number of rotatable bonds is 5. The maximum Gasteiger partial charge on any atom is 0.244 e. The highest BCUT2D eigenvalue weighted by atomic mass is 35.5. The Bertz CT molecular complexity index is 682. The van der Waals surface area contributed by atoms with Gasteiger partial charge in [0.2, 0.25) is 5.91 Å². The highest BCUT2D eigenvalue weighted by Crippen LogP contribution is 2.22. The van der Waals surface area contributed by atoms with Crippen LogP contribution in [-0.2, 0) is 11.3 Å². The smallest absolute Gasteiger partial charge is 0.244 e. The molecule has 0 heterocycles. The predicted octanol–water partition coefficient (Wildman–Crippen LogP) is 3.26. The zero-order valence-electron chi connectivity index (χ0n) is 12.2. The largest absolute Gasteiger partial charge is 0.495 e. The first-order chi connectivity index (χ1) is 10.6. The van der Waals surface area contributed by atoms with Crippen LogP contribution < -0.4 is 15.8 Å². The number of carbonyl (C=O) groups excluding carboxylic acids is 1. The second-order valence-corrected chi connectivity index (χ2v) is 5.12. The maximum atomic E-state index is 11.8. The Labute approximate surface area is 134 Å². The SMILES string of the molecule is COc1ccc(/C=C\C(=O)NCc2ccc(Cl)cc2)cc1N. The van der Waals surface area contributed by atoms with Gasteiger partial charge in [-0.05, 0) is 41.5 Å². The highest BCUT2D eigenvalue weighted by Gasteiger charge is 2.00. The first-order valence-electron chi connectivity index (χ1n) is 6.72. The van der Waals surface area contributed by atoms with Crippen molar-refractivity contribution in [1.82, 2.24) is 5.32 Å². The van der Waals surface area contributed by atoms with Crippen LogP contribution in [-0.4, -0.2) is 13.0 Å². The molecule has 0 unspecified atom stereocenters. The monoisotopic (exact) mass is 316 g/mol. The summed E-state index contributed by atoms with van der Waals surface area (Å²) in [4.78, 5) is 11.8. The second-order valence-electron chi connectivity index (χ2n) is 4.68. The van der Waals surface area contributed by atoms with Gasteiger partial charge in [0.25, 0.3) is 0 Å². The molecule has 0 atom stereocenters. The number of benzene rings is 2. The summed E-state index contributed by atoms with van der Waals surface area (Å²) in [7, 11) is 1.56. The van der Waals surface area contributed by atoms with Crippen molar-refractivity contribution >= 4 is 29.3 Å². The van der Waals surface area contributed by atoms with E-state index in [-0.39, 0.29) is 5.91 Å². The van der Waals surface area contributed by atoms with Gasteiger partial charge >= 0.3 is 0 Å². The summed E-state index contributed by atoms with van der Waals surface area (Å²) in [5.41, 5.74) is 8.17. The van der Waals surface area contributed by atoms with Crippen LogP contribution in [0.4, 0.5) is 5.69 Å². The van der Waals surface area contributed by atoms with E-state index in [2.05, 4.69) is 5.32 Å². The molecule has 3 N–H and O–H groups in total. The lowest BCUT2D eigenvalue weighted by Crippen LogP contribution is -2.20. The van der Waals surface area contributed by atoms with E-state index in [1.807, 2.05) is 18.2 Å². The van der Waals surface area contributed by atoms with Crippen LogP contribution in [0.15, 0.2) is 48.5 Å². The van der Waals surface area contributed by atoms with E-state index in [0.29, 0.717) is 23.0 Å². The van der Waals surface area contributed by atoms with E-state index in [4.69, 9.17) is 22.1 Å². The molecule has 0 radical (unpaired) electrons. The minimum Gasteiger partial charge on any atom is -0.495 e. The summed E-state index contributed by atoms with van der Waals surface area (Å²) >= 11 is 5.81. The standard InChI is InChI=1S/C17H17ClN2O2/c1-22-16-8-4-12(10-15(16)19)5-9-17(21)20-11-13-2-6-14(18)7-3-13/h2-10H,11,19H2,1H3,(H,20,21)/b9-5-. The summed E-state index contributed by atoms with van der Waals surface area (Å²) in [5.74, 6) is 0.439. The van der Waals surface area contributed by atoms with Crippen molar-refractivity contribution in [3.8, 4) is 5.75 Å². The number of methoxy groups -OCH3 is 1. The second kappa shape index (κ2) is 7.52. The van der Waals surface area contributed by atoms with Gasteiger partial charge in [-0.25, -0.2) is 0 Å². The molecule has 4 nitrogen and oxygen atoms in total. The summed E-state index contributed by atoms with van der Waals surface area (Å²) in [6.07, 6.45) is 3.17. The Morgan fingerprint density at radius 1 is 1.27 bits per heavy atom. The minimum absolute atomic E-state index is 0.177. The van der Waals surface area contributed by atoms with Crippen molar-refractivity contribution in [2.24, 2.45) is 0 Å². The van der Waals surface area contributed by atoms with Crippen LogP contribution in [0.3, 0.4) is 0 Å². The average molecular weight is 317 g/mol. The molecule has 22 heavy (non-hydrogen) atoms. The fraction of sp³-hybridized carbons (Fsp3) is 0.118. The molecule has 0 fully saturated rings. The zero-order chi connectivity index (χ0) is 15.9. The quantitative estimate of drug-likeness (QED) is 0.657. The number of amides is 1. The average Bonchev–Trinajstić information content (AvgIpc) is 2.52. The molecular formula is C17H17ClN2O2. The predicted molar refractivity (Wildman–Crippen MR) is 89.7 cm³/mol. The number of halogens is 1. The van der Waals surface area contributed by atoms with Crippen molar-refractivity contribution in [3.05, 3.63) is 64.7 Å². The zero-order valence-corrected chi connectivity index (χ0v) is 12.9. The summed E-state index contributed by atoms with van der Waals surface area (Å²) in [6, 6.07) is 12.7. The number of nitrogen functional groups attached to an aromatic ring is 1. The third-order valence-electron chi connectivity index (χ3n) is 3.06. The van der Waals surface area contributed by atoms with Crippen molar-refractivity contribution in [2.45, 2.75) is 6.54 Å². The van der Waals surface area contributed by atoms with E-state index in [1.165, 1.54) is 6.08 Å². The highest BCUT2D eigenvalue weighted by molar-refractivity contribution is 6.30. The third-order valence-corrected chi connectivity index (χ3v) is 3.31. The summed E-state index contributed by atoms with van der Waals surface area (Å²) < 4.78 is 5.08. The molecule has 114 valence electrons. The number of carbonyl (C=O) groups is 1. The maximum absolute atomic E-state index is 11.8. The molecule has 0 aliphatic carbocycles. The van der Waals surface area contributed by atoms with E-state index in [0.717, 1.165) is 11.1 Å². The van der Waals surface area contributed by atoms with Crippen molar-refractivity contribution in [3.63, 3.8) is 0 Å². The van der Waals surface area contributed by atoms with Gasteiger partial charge in [-0.3, -0.25) is 4.79 Å². The minimum atomic E-state index is -0.177. The first-order valence-corrected chi connectivity index (χ1v) is 7.10. The van der Waals surface area contributed by atoms with E-state index >= 15 is 0 Å². The summed E-state index contributed by atoms with van der Waals surface area (Å²) in [5, 5.41) is 3.47. The normalized spacial score (nSPS) is 10.6. The van der Waals surface area contributed by atoms with Gasteiger partial charge in [0.1, 0.15) is 5.75 Å². The number of nitrogens with one attached hydrogen (secondary N) is 1. The van der Waals surface area contributed by atoms with Crippen LogP contribution in [0.2, 0.25) is 5.02 Å². The molecule has 0 saturated heterocycles. The fourth-order valence-corrected chi connectivity index (χ4v) is 2.00. The fourth-order valence-electron chi connectivity index (χ4n) is 1.88. The number of nitrogens with two attached hydrogens (primary N) is 1. The number of ether oxygens (including phenoxy) is 1.